The van der Waals surface area contributed by atoms with Crippen molar-refractivity contribution in [2.24, 2.45) is 0 Å². The number of hydrogen-bond acceptors (Lipinski definition) is 3. The largest absolute Gasteiger partial charge is 0.369 e. The number of halogens is 1. The van der Waals surface area contributed by atoms with Crippen LogP contribution in [0.4, 0.5) is 0 Å². The summed E-state index contributed by atoms with van der Waals surface area (Å²) < 4.78 is 29.8. The van der Waals surface area contributed by atoms with Crippen molar-refractivity contribution in [3.63, 3.8) is 0 Å². The number of nitrogens with zero attached hydrogens (tertiary/aromatic N) is 1. The van der Waals surface area contributed by atoms with Crippen molar-refractivity contribution >= 4 is 26.0 Å². The van der Waals surface area contributed by atoms with Gasteiger partial charge in [0.15, 0.2) is 0 Å². The SMILES string of the molecule is O=S(=O)(CBr)N1CCC2OC2CC1. The van der Waals surface area contributed by atoms with E-state index < -0.39 is 10.0 Å². The third kappa shape index (κ3) is 2.06. The third-order valence-corrected chi connectivity index (χ3v) is 5.71. The number of fused-ring (bicyclic) bond motifs is 1. The standard InChI is InChI=1S/C7H12BrNO3S/c8-5-13(10,11)9-3-1-6-7(12-6)2-4-9/h6-7H,1-5H2. The lowest BCUT2D eigenvalue weighted by Crippen LogP contribution is -2.33. The molecule has 2 aliphatic rings. The van der Waals surface area contributed by atoms with Gasteiger partial charge >= 0.3 is 0 Å². The van der Waals surface area contributed by atoms with E-state index in [2.05, 4.69) is 15.9 Å². The first-order valence-electron chi connectivity index (χ1n) is 4.33. The quantitative estimate of drug-likeness (QED) is 0.543. The van der Waals surface area contributed by atoms with E-state index in [0.717, 1.165) is 12.8 Å². The van der Waals surface area contributed by atoms with Crippen LogP contribution < -0.4 is 0 Å². The van der Waals surface area contributed by atoms with Crippen molar-refractivity contribution in [2.45, 2.75) is 25.0 Å². The highest BCUT2D eigenvalue weighted by Gasteiger charge is 2.42. The highest BCUT2D eigenvalue weighted by molar-refractivity contribution is 9.10. The van der Waals surface area contributed by atoms with Crippen LogP contribution in [0.25, 0.3) is 0 Å². The van der Waals surface area contributed by atoms with Crippen LogP contribution in [-0.4, -0.2) is 42.7 Å². The minimum atomic E-state index is -3.05. The molecule has 2 unspecified atom stereocenters. The van der Waals surface area contributed by atoms with E-state index in [1.165, 1.54) is 0 Å². The summed E-state index contributed by atoms with van der Waals surface area (Å²) in [6, 6.07) is 0. The van der Waals surface area contributed by atoms with E-state index in [9.17, 15) is 8.42 Å². The Balaban J connectivity index is 2.01. The van der Waals surface area contributed by atoms with Crippen LogP contribution >= 0.6 is 15.9 Å². The average molecular weight is 270 g/mol. The van der Waals surface area contributed by atoms with E-state index in [1.807, 2.05) is 0 Å². The Morgan fingerprint density at radius 2 is 1.85 bits per heavy atom. The molecule has 0 aromatic rings. The molecule has 2 fully saturated rings. The number of hydrogen-bond donors (Lipinski definition) is 0. The maximum Gasteiger partial charge on any atom is 0.224 e. The Morgan fingerprint density at radius 3 is 2.31 bits per heavy atom. The molecule has 76 valence electrons. The number of epoxide rings is 1. The Kier molecular flexibility index (Phi) is 2.65. The molecule has 0 aromatic carbocycles. The van der Waals surface area contributed by atoms with Crippen molar-refractivity contribution in [1.82, 2.24) is 4.31 Å². The fourth-order valence-corrected chi connectivity index (χ4v) is 3.46. The molecular weight excluding hydrogens is 258 g/mol. The van der Waals surface area contributed by atoms with Crippen molar-refractivity contribution in [3.05, 3.63) is 0 Å². The number of ether oxygens (including phenoxy) is 1. The van der Waals surface area contributed by atoms with E-state index in [0.29, 0.717) is 25.3 Å². The molecule has 0 radical (unpaired) electrons. The fourth-order valence-electron chi connectivity index (χ4n) is 1.69. The average Bonchev–Trinajstić information content (AvgIpc) is 2.80. The van der Waals surface area contributed by atoms with E-state index in [-0.39, 0.29) is 4.66 Å². The van der Waals surface area contributed by atoms with Gasteiger partial charge in [-0.3, -0.25) is 0 Å². The number of alkyl halides is 1. The molecule has 0 spiro atoms. The third-order valence-electron chi connectivity index (χ3n) is 2.54. The van der Waals surface area contributed by atoms with Crippen molar-refractivity contribution in [3.8, 4) is 0 Å². The second-order valence-electron chi connectivity index (χ2n) is 3.41. The van der Waals surface area contributed by atoms with Crippen molar-refractivity contribution < 1.29 is 13.2 Å². The Bertz CT molecular complexity index is 280. The van der Waals surface area contributed by atoms with Gasteiger partial charge in [-0.05, 0) is 12.8 Å². The molecule has 0 aliphatic carbocycles. The number of rotatable bonds is 2. The molecule has 2 heterocycles. The van der Waals surface area contributed by atoms with Gasteiger partial charge in [0, 0.05) is 13.1 Å². The monoisotopic (exact) mass is 269 g/mol. The first-order chi connectivity index (χ1) is 6.13. The Labute approximate surface area is 86.4 Å². The van der Waals surface area contributed by atoms with Crippen LogP contribution in [0.1, 0.15) is 12.8 Å². The molecule has 2 rings (SSSR count). The summed E-state index contributed by atoms with van der Waals surface area (Å²) in [4.78, 5) is 0. The lowest BCUT2D eigenvalue weighted by Gasteiger charge is -2.18. The van der Waals surface area contributed by atoms with Crippen LogP contribution in [0.5, 0.6) is 0 Å². The first kappa shape index (κ1) is 9.89. The molecule has 2 aliphatic heterocycles. The molecule has 0 saturated carbocycles. The predicted molar refractivity (Wildman–Crippen MR) is 52.2 cm³/mol. The molecule has 0 amide bonds. The Morgan fingerprint density at radius 1 is 1.31 bits per heavy atom. The molecule has 4 nitrogen and oxygen atoms in total. The molecule has 13 heavy (non-hydrogen) atoms. The van der Waals surface area contributed by atoms with Gasteiger partial charge in [-0.1, -0.05) is 15.9 Å². The maximum atomic E-state index is 11.5. The second-order valence-corrected chi connectivity index (χ2v) is 6.68. The highest BCUT2D eigenvalue weighted by Crippen LogP contribution is 2.32. The van der Waals surface area contributed by atoms with Gasteiger partial charge in [0.05, 0.1) is 12.2 Å². The Hall–Kier alpha value is 0.350. The van der Waals surface area contributed by atoms with Crippen molar-refractivity contribution in [2.75, 3.05) is 17.8 Å². The normalized spacial score (nSPS) is 35.2. The van der Waals surface area contributed by atoms with Gasteiger partial charge in [0.2, 0.25) is 10.0 Å². The van der Waals surface area contributed by atoms with Crippen molar-refractivity contribution in [1.29, 1.82) is 0 Å². The summed E-state index contributed by atoms with van der Waals surface area (Å²) in [7, 11) is -3.05. The summed E-state index contributed by atoms with van der Waals surface area (Å²) >= 11 is 3.00. The smallest absolute Gasteiger partial charge is 0.224 e. The van der Waals surface area contributed by atoms with E-state index >= 15 is 0 Å². The lowest BCUT2D eigenvalue weighted by atomic mass is 10.2. The van der Waals surface area contributed by atoms with Gasteiger partial charge in [0.1, 0.15) is 4.66 Å². The summed E-state index contributed by atoms with van der Waals surface area (Å²) in [6.07, 6.45) is 2.35. The maximum absolute atomic E-state index is 11.5. The van der Waals surface area contributed by atoms with Gasteiger partial charge in [-0.2, -0.15) is 0 Å². The molecule has 0 N–H and O–H groups in total. The second kappa shape index (κ2) is 3.49. The van der Waals surface area contributed by atoms with Gasteiger partial charge < -0.3 is 4.74 Å². The summed E-state index contributed by atoms with van der Waals surface area (Å²) in [5.41, 5.74) is 0. The number of sulfonamides is 1. The van der Waals surface area contributed by atoms with Crippen LogP contribution in [-0.2, 0) is 14.8 Å². The summed E-state index contributed by atoms with van der Waals surface area (Å²) in [5, 5.41) is 0. The summed E-state index contributed by atoms with van der Waals surface area (Å²) in [6.45, 7) is 1.21. The van der Waals surface area contributed by atoms with Crippen LogP contribution in [0.2, 0.25) is 0 Å². The minimum Gasteiger partial charge on any atom is -0.369 e. The van der Waals surface area contributed by atoms with E-state index in [1.54, 1.807) is 4.31 Å². The fraction of sp³-hybridized carbons (Fsp3) is 1.00. The molecule has 2 atom stereocenters. The zero-order valence-electron chi connectivity index (χ0n) is 7.15. The zero-order chi connectivity index (χ0) is 9.47. The molecule has 0 aromatic heterocycles. The summed E-state index contributed by atoms with van der Waals surface area (Å²) in [5.74, 6) is 0. The van der Waals surface area contributed by atoms with Crippen LogP contribution in [0, 0.1) is 0 Å². The van der Waals surface area contributed by atoms with E-state index in [4.69, 9.17) is 4.74 Å². The molecule has 0 bridgehead atoms. The minimum absolute atomic E-state index is 0.0240. The van der Waals surface area contributed by atoms with Gasteiger partial charge in [0.25, 0.3) is 0 Å². The topological polar surface area (TPSA) is 49.9 Å². The van der Waals surface area contributed by atoms with Crippen LogP contribution in [0.3, 0.4) is 0 Å². The highest BCUT2D eigenvalue weighted by atomic mass is 79.9. The lowest BCUT2D eigenvalue weighted by molar-refractivity contribution is 0.301. The first-order valence-corrected chi connectivity index (χ1v) is 7.06. The molecular formula is C7H12BrNO3S. The predicted octanol–water partition coefficient (Wildman–Crippen LogP) is 0.532. The van der Waals surface area contributed by atoms with Gasteiger partial charge in [-0.15, -0.1) is 0 Å². The molecule has 6 heteroatoms. The van der Waals surface area contributed by atoms with Crippen LogP contribution in [0.15, 0.2) is 0 Å². The van der Waals surface area contributed by atoms with Gasteiger partial charge in [-0.25, -0.2) is 12.7 Å². The molecule has 2 saturated heterocycles. The zero-order valence-corrected chi connectivity index (χ0v) is 9.55.